The summed E-state index contributed by atoms with van der Waals surface area (Å²) in [5.41, 5.74) is 1.09. The van der Waals surface area contributed by atoms with Crippen LogP contribution in [0.1, 0.15) is 5.56 Å². The fourth-order valence-corrected chi connectivity index (χ4v) is 3.22. The maximum absolute atomic E-state index is 13.0. The van der Waals surface area contributed by atoms with E-state index >= 15 is 0 Å². The first-order valence-corrected chi connectivity index (χ1v) is 9.29. The monoisotopic (exact) mass is 373 g/mol. The smallest absolute Gasteiger partial charge is 0.263 e. The van der Waals surface area contributed by atoms with Crippen molar-refractivity contribution < 1.29 is 17.5 Å². The molecule has 8 heteroatoms. The van der Waals surface area contributed by atoms with Crippen molar-refractivity contribution in [3.8, 4) is 5.88 Å². The van der Waals surface area contributed by atoms with Crippen LogP contribution in [0.25, 0.3) is 0 Å². The Bertz CT molecular complexity index is 964. The molecule has 0 spiro atoms. The Morgan fingerprint density at radius 2 is 1.65 bits per heavy atom. The lowest BCUT2D eigenvalue weighted by molar-refractivity contribution is 0.310. The molecule has 26 heavy (non-hydrogen) atoms. The first-order valence-electron chi connectivity index (χ1n) is 7.81. The molecular formula is C18H16FN3O3S. The summed E-state index contributed by atoms with van der Waals surface area (Å²) in [6, 6.07) is 14.2. The van der Waals surface area contributed by atoms with Gasteiger partial charge >= 0.3 is 0 Å². The number of ether oxygens (including phenoxy) is 1. The van der Waals surface area contributed by atoms with Gasteiger partial charge in [-0.2, -0.15) is 0 Å². The van der Waals surface area contributed by atoms with E-state index in [-0.39, 0.29) is 16.6 Å². The number of benzene rings is 2. The summed E-state index contributed by atoms with van der Waals surface area (Å²) in [6.07, 6.45) is 3.40. The van der Waals surface area contributed by atoms with Crippen LogP contribution in [0.15, 0.2) is 71.9 Å². The Kier molecular flexibility index (Phi) is 5.43. The molecule has 0 fully saturated rings. The van der Waals surface area contributed by atoms with Crippen molar-refractivity contribution in [1.82, 2.24) is 9.97 Å². The summed E-state index contributed by atoms with van der Waals surface area (Å²) in [4.78, 5) is 7.93. The van der Waals surface area contributed by atoms with Crippen LogP contribution >= 0.6 is 0 Å². The van der Waals surface area contributed by atoms with E-state index in [1.54, 1.807) is 0 Å². The van der Waals surface area contributed by atoms with Crippen LogP contribution in [0.5, 0.6) is 5.88 Å². The van der Waals surface area contributed by atoms with Gasteiger partial charge in [-0.1, -0.05) is 30.3 Å². The molecule has 0 amide bonds. The largest absolute Gasteiger partial charge is 0.475 e. The highest BCUT2D eigenvalue weighted by atomic mass is 32.2. The second kappa shape index (κ2) is 7.92. The third-order valence-corrected chi connectivity index (χ3v) is 4.85. The zero-order valence-corrected chi connectivity index (χ0v) is 14.5. The van der Waals surface area contributed by atoms with E-state index < -0.39 is 15.8 Å². The maximum Gasteiger partial charge on any atom is 0.263 e. The van der Waals surface area contributed by atoms with E-state index in [0.29, 0.717) is 13.0 Å². The molecule has 0 atom stereocenters. The number of hydrogen-bond acceptors (Lipinski definition) is 5. The van der Waals surface area contributed by atoms with Gasteiger partial charge in [-0.15, -0.1) is 0 Å². The lowest BCUT2D eigenvalue weighted by Crippen LogP contribution is -2.16. The molecule has 0 saturated carbocycles. The number of halogens is 1. The number of hydrogen-bond donors (Lipinski definition) is 1. The van der Waals surface area contributed by atoms with Gasteiger partial charge in [0, 0.05) is 18.8 Å². The van der Waals surface area contributed by atoms with Crippen molar-refractivity contribution in [2.24, 2.45) is 0 Å². The minimum Gasteiger partial charge on any atom is -0.475 e. The van der Waals surface area contributed by atoms with E-state index in [1.807, 2.05) is 30.3 Å². The standard InChI is InChI=1S/C18H16FN3O3S/c19-15-6-8-16(9-7-15)26(23,24)22-17-18(21-12-11-20-17)25-13-10-14-4-2-1-3-5-14/h1-9,11-12H,10,13H2,(H,20,22). The van der Waals surface area contributed by atoms with Gasteiger partial charge in [0.15, 0.2) is 0 Å². The number of aromatic nitrogens is 2. The van der Waals surface area contributed by atoms with Gasteiger partial charge < -0.3 is 4.74 Å². The zero-order chi connectivity index (χ0) is 18.4. The predicted octanol–water partition coefficient (Wildman–Crippen LogP) is 3.04. The normalized spacial score (nSPS) is 11.1. The molecule has 6 nitrogen and oxygen atoms in total. The average molecular weight is 373 g/mol. The molecule has 0 radical (unpaired) electrons. The van der Waals surface area contributed by atoms with Gasteiger partial charge in [-0.3, -0.25) is 4.72 Å². The summed E-state index contributed by atoms with van der Waals surface area (Å²) < 4.78 is 45.7. The van der Waals surface area contributed by atoms with Crippen molar-refractivity contribution >= 4 is 15.8 Å². The highest BCUT2D eigenvalue weighted by Gasteiger charge is 2.18. The first kappa shape index (κ1) is 17.8. The van der Waals surface area contributed by atoms with Crippen LogP contribution in [-0.4, -0.2) is 25.0 Å². The highest BCUT2D eigenvalue weighted by Crippen LogP contribution is 2.22. The molecule has 1 N–H and O–H groups in total. The van der Waals surface area contributed by atoms with Crippen LogP contribution in [-0.2, 0) is 16.4 Å². The fourth-order valence-electron chi connectivity index (χ4n) is 2.21. The average Bonchev–Trinajstić information content (AvgIpc) is 2.64. The Morgan fingerprint density at radius 1 is 0.962 bits per heavy atom. The topological polar surface area (TPSA) is 81.2 Å². The predicted molar refractivity (Wildman–Crippen MR) is 94.9 cm³/mol. The van der Waals surface area contributed by atoms with Gasteiger partial charge in [0.1, 0.15) is 5.82 Å². The Labute approximate surface area is 150 Å². The van der Waals surface area contributed by atoms with Crippen molar-refractivity contribution in [3.05, 3.63) is 78.4 Å². The summed E-state index contributed by atoms with van der Waals surface area (Å²) in [7, 11) is -3.93. The van der Waals surface area contributed by atoms with E-state index in [1.165, 1.54) is 24.5 Å². The van der Waals surface area contributed by atoms with E-state index in [4.69, 9.17) is 4.74 Å². The van der Waals surface area contributed by atoms with Crippen molar-refractivity contribution in [2.75, 3.05) is 11.3 Å². The number of sulfonamides is 1. The van der Waals surface area contributed by atoms with Crippen LogP contribution in [0.4, 0.5) is 10.2 Å². The summed E-state index contributed by atoms with van der Waals surface area (Å²) >= 11 is 0. The lowest BCUT2D eigenvalue weighted by atomic mass is 10.2. The number of anilines is 1. The number of nitrogens with one attached hydrogen (secondary N) is 1. The van der Waals surface area contributed by atoms with E-state index in [2.05, 4.69) is 14.7 Å². The van der Waals surface area contributed by atoms with Gasteiger partial charge in [-0.25, -0.2) is 22.8 Å². The summed E-state index contributed by atoms with van der Waals surface area (Å²) in [5, 5.41) is 0. The highest BCUT2D eigenvalue weighted by molar-refractivity contribution is 7.92. The van der Waals surface area contributed by atoms with Crippen molar-refractivity contribution in [2.45, 2.75) is 11.3 Å². The molecule has 1 heterocycles. The lowest BCUT2D eigenvalue weighted by Gasteiger charge is -2.11. The van der Waals surface area contributed by atoms with Crippen LogP contribution in [0, 0.1) is 5.82 Å². The molecule has 0 bridgehead atoms. The summed E-state index contributed by atoms with van der Waals surface area (Å²) in [5.74, 6) is -0.465. The quantitative estimate of drug-likeness (QED) is 0.688. The van der Waals surface area contributed by atoms with Crippen molar-refractivity contribution in [1.29, 1.82) is 0 Å². The molecule has 134 valence electrons. The van der Waals surface area contributed by atoms with Gasteiger partial charge in [-0.05, 0) is 29.8 Å². The fraction of sp³-hybridized carbons (Fsp3) is 0.111. The SMILES string of the molecule is O=S(=O)(Nc1nccnc1OCCc1ccccc1)c1ccc(F)cc1. The molecule has 2 aromatic carbocycles. The minimum atomic E-state index is -3.93. The van der Waals surface area contributed by atoms with Gasteiger partial charge in [0.05, 0.1) is 11.5 Å². The third kappa shape index (κ3) is 4.54. The molecule has 0 saturated heterocycles. The van der Waals surface area contributed by atoms with Gasteiger partial charge in [0.25, 0.3) is 15.9 Å². The Hall–Kier alpha value is -3.00. The minimum absolute atomic E-state index is 0.0233. The first-order chi connectivity index (χ1) is 12.5. The molecule has 1 aromatic heterocycles. The second-order valence-electron chi connectivity index (χ2n) is 5.35. The van der Waals surface area contributed by atoms with Crippen LogP contribution in [0.2, 0.25) is 0 Å². The Morgan fingerprint density at radius 3 is 2.38 bits per heavy atom. The van der Waals surface area contributed by atoms with E-state index in [0.717, 1.165) is 17.7 Å². The molecule has 3 aromatic rings. The zero-order valence-electron chi connectivity index (χ0n) is 13.7. The maximum atomic E-state index is 13.0. The molecule has 0 aliphatic carbocycles. The summed E-state index contributed by atoms with van der Waals surface area (Å²) in [6.45, 7) is 0.313. The molecule has 0 unspecified atom stereocenters. The van der Waals surface area contributed by atoms with Crippen LogP contribution in [0.3, 0.4) is 0 Å². The molecular weight excluding hydrogens is 357 g/mol. The van der Waals surface area contributed by atoms with Crippen molar-refractivity contribution in [3.63, 3.8) is 0 Å². The van der Waals surface area contributed by atoms with Crippen LogP contribution < -0.4 is 9.46 Å². The van der Waals surface area contributed by atoms with E-state index in [9.17, 15) is 12.8 Å². The van der Waals surface area contributed by atoms with Gasteiger partial charge in [0.2, 0.25) is 5.82 Å². The molecule has 0 aliphatic heterocycles. The molecule has 3 rings (SSSR count). The number of rotatable bonds is 7. The second-order valence-corrected chi connectivity index (χ2v) is 7.04. The third-order valence-electron chi connectivity index (χ3n) is 3.49. The molecule has 0 aliphatic rings. The Balaban J connectivity index is 1.71. The number of nitrogens with zero attached hydrogens (tertiary/aromatic N) is 2.